The minimum absolute atomic E-state index is 0.0245. The molecule has 164 valence electrons. The molecule has 0 atom stereocenters. The number of para-hydroxylation sites is 2. The second-order valence-electron chi connectivity index (χ2n) is 7.89. The summed E-state index contributed by atoms with van der Waals surface area (Å²) >= 11 is 1.18. The molecule has 0 unspecified atom stereocenters. The standard InChI is InChI=1S/C24H23N3O3S2/c28-23(26-14-6-1-7-15-26)17-31-24-25-21-10-4-5-11-22(21)27(24)32(29,30)20-13-12-18-8-2-3-9-19(18)16-20/h2-5,8-13,16H,1,6-7,14-15,17H2. The third-order valence-electron chi connectivity index (χ3n) is 5.78. The van der Waals surface area contributed by atoms with Crippen molar-refractivity contribution in [1.82, 2.24) is 13.9 Å². The summed E-state index contributed by atoms with van der Waals surface area (Å²) in [5.41, 5.74) is 1.10. The molecule has 6 nitrogen and oxygen atoms in total. The van der Waals surface area contributed by atoms with Crippen LogP contribution in [0.3, 0.4) is 0 Å². The number of hydrogen-bond donors (Lipinski definition) is 0. The van der Waals surface area contributed by atoms with Crippen LogP contribution in [0, 0.1) is 0 Å². The van der Waals surface area contributed by atoms with Gasteiger partial charge in [-0.1, -0.05) is 54.2 Å². The Hall–Kier alpha value is -2.84. The molecule has 1 aliphatic rings. The molecule has 1 aliphatic heterocycles. The SMILES string of the molecule is O=C(CSc1nc2ccccc2n1S(=O)(=O)c1ccc2ccccc2c1)N1CCCCC1. The summed E-state index contributed by atoms with van der Waals surface area (Å²) in [5.74, 6) is 0.188. The number of carbonyl (C=O) groups is 1. The molecule has 1 saturated heterocycles. The summed E-state index contributed by atoms with van der Waals surface area (Å²) in [6.45, 7) is 1.54. The third-order valence-corrected chi connectivity index (χ3v) is 8.52. The number of amides is 1. The number of likely N-dealkylation sites (tertiary alicyclic amines) is 1. The highest BCUT2D eigenvalue weighted by atomic mass is 32.2. The number of hydrogen-bond acceptors (Lipinski definition) is 5. The van der Waals surface area contributed by atoms with E-state index in [-0.39, 0.29) is 16.6 Å². The number of benzene rings is 3. The lowest BCUT2D eigenvalue weighted by Crippen LogP contribution is -2.36. The second kappa shape index (κ2) is 8.60. The van der Waals surface area contributed by atoms with Crippen LogP contribution in [0.2, 0.25) is 0 Å². The summed E-state index contributed by atoms with van der Waals surface area (Å²) in [6, 6.07) is 19.9. The van der Waals surface area contributed by atoms with Gasteiger partial charge in [-0.15, -0.1) is 0 Å². The monoisotopic (exact) mass is 465 g/mol. The van der Waals surface area contributed by atoms with Crippen molar-refractivity contribution in [3.05, 3.63) is 66.7 Å². The number of thioether (sulfide) groups is 1. The van der Waals surface area contributed by atoms with Crippen LogP contribution >= 0.6 is 11.8 Å². The van der Waals surface area contributed by atoms with Crippen molar-refractivity contribution in [1.29, 1.82) is 0 Å². The van der Waals surface area contributed by atoms with Crippen LogP contribution in [-0.2, 0) is 14.8 Å². The zero-order valence-electron chi connectivity index (χ0n) is 17.5. The predicted octanol–water partition coefficient (Wildman–Crippen LogP) is 4.53. The van der Waals surface area contributed by atoms with Gasteiger partial charge in [-0.3, -0.25) is 4.79 Å². The molecule has 0 radical (unpaired) electrons. The Morgan fingerprint density at radius 2 is 1.62 bits per heavy atom. The average Bonchev–Trinajstić information content (AvgIpc) is 3.22. The van der Waals surface area contributed by atoms with Crippen molar-refractivity contribution in [2.24, 2.45) is 0 Å². The fourth-order valence-corrected chi connectivity index (χ4v) is 6.75. The van der Waals surface area contributed by atoms with Crippen molar-refractivity contribution in [2.75, 3.05) is 18.8 Å². The first-order valence-corrected chi connectivity index (χ1v) is 13.1. The molecule has 0 aliphatic carbocycles. The Kier molecular flexibility index (Phi) is 5.65. The van der Waals surface area contributed by atoms with Gasteiger partial charge in [-0.25, -0.2) is 17.4 Å². The van der Waals surface area contributed by atoms with E-state index in [1.807, 2.05) is 41.3 Å². The number of nitrogens with zero attached hydrogens (tertiary/aromatic N) is 3. The van der Waals surface area contributed by atoms with Gasteiger partial charge in [0.15, 0.2) is 5.16 Å². The van der Waals surface area contributed by atoms with E-state index < -0.39 is 10.0 Å². The molecule has 0 N–H and O–H groups in total. The van der Waals surface area contributed by atoms with Gasteiger partial charge in [-0.05, 0) is 54.3 Å². The van der Waals surface area contributed by atoms with E-state index in [4.69, 9.17) is 0 Å². The Labute approximate surface area is 191 Å². The van der Waals surface area contributed by atoms with Crippen LogP contribution in [0.1, 0.15) is 19.3 Å². The second-order valence-corrected chi connectivity index (χ2v) is 10.6. The van der Waals surface area contributed by atoms with Crippen molar-refractivity contribution in [3.63, 3.8) is 0 Å². The van der Waals surface area contributed by atoms with Gasteiger partial charge in [0.1, 0.15) is 0 Å². The molecule has 0 bridgehead atoms. The third kappa shape index (κ3) is 3.89. The average molecular weight is 466 g/mol. The fraction of sp³-hybridized carbons (Fsp3) is 0.250. The van der Waals surface area contributed by atoms with Crippen LogP contribution in [0.5, 0.6) is 0 Å². The van der Waals surface area contributed by atoms with Crippen molar-refractivity contribution >= 4 is 49.5 Å². The number of imidazole rings is 1. The van der Waals surface area contributed by atoms with Crippen LogP contribution in [0.25, 0.3) is 21.8 Å². The molecule has 2 heterocycles. The molecule has 1 amide bonds. The first-order valence-electron chi connectivity index (χ1n) is 10.7. The molecular formula is C24H23N3O3S2. The van der Waals surface area contributed by atoms with E-state index in [0.29, 0.717) is 16.2 Å². The fourth-order valence-electron chi connectivity index (χ4n) is 4.10. The lowest BCUT2D eigenvalue weighted by molar-refractivity contribution is -0.129. The van der Waals surface area contributed by atoms with E-state index in [2.05, 4.69) is 4.98 Å². The number of piperidine rings is 1. The zero-order valence-corrected chi connectivity index (χ0v) is 19.1. The molecule has 32 heavy (non-hydrogen) atoms. The minimum Gasteiger partial charge on any atom is -0.342 e. The summed E-state index contributed by atoms with van der Waals surface area (Å²) in [6.07, 6.45) is 3.19. The van der Waals surface area contributed by atoms with E-state index >= 15 is 0 Å². The molecule has 3 aromatic carbocycles. The maximum Gasteiger partial charge on any atom is 0.270 e. The molecule has 5 rings (SSSR count). The first-order chi connectivity index (χ1) is 15.5. The molecule has 8 heteroatoms. The quantitative estimate of drug-likeness (QED) is 0.405. The molecular weight excluding hydrogens is 442 g/mol. The van der Waals surface area contributed by atoms with Gasteiger partial charge >= 0.3 is 0 Å². The van der Waals surface area contributed by atoms with Gasteiger partial charge in [0.25, 0.3) is 10.0 Å². The van der Waals surface area contributed by atoms with E-state index in [0.717, 1.165) is 43.1 Å². The Morgan fingerprint density at radius 1 is 0.906 bits per heavy atom. The summed E-state index contributed by atoms with van der Waals surface area (Å²) < 4.78 is 28.7. The van der Waals surface area contributed by atoms with Gasteiger partial charge in [0.05, 0.1) is 21.7 Å². The van der Waals surface area contributed by atoms with E-state index in [1.165, 1.54) is 15.7 Å². The number of rotatable bonds is 5. The molecule has 4 aromatic rings. The molecule has 0 saturated carbocycles. The summed E-state index contributed by atoms with van der Waals surface area (Å²) in [7, 11) is -3.91. The van der Waals surface area contributed by atoms with Gasteiger partial charge in [0.2, 0.25) is 5.91 Å². The van der Waals surface area contributed by atoms with Crippen LogP contribution < -0.4 is 0 Å². The zero-order chi connectivity index (χ0) is 22.1. The highest BCUT2D eigenvalue weighted by Crippen LogP contribution is 2.30. The van der Waals surface area contributed by atoms with Crippen LogP contribution in [0.15, 0.2) is 76.8 Å². The number of carbonyl (C=O) groups excluding carboxylic acids is 1. The Morgan fingerprint density at radius 3 is 2.44 bits per heavy atom. The first kappa shape index (κ1) is 21.0. The topological polar surface area (TPSA) is 72.3 Å². The van der Waals surface area contributed by atoms with Gasteiger partial charge in [-0.2, -0.15) is 0 Å². The molecule has 0 spiro atoms. The lowest BCUT2D eigenvalue weighted by Gasteiger charge is -2.26. The predicted molar refractivity (Wildman–Crippen MR) is 127 cm³/mol. The minimum atomic E-state index is -3.91. The summed E-state index contributed by atoms with van der Waals surface area (Å²) in [4.78, 5) is 19.3. The maximum absolute atomic E-state index is 13.7. The number of aromatic nitrogens is 2. The lowest BCUT2D eigenvalue weighted by atomic mass is 10.1. The van der Waals surface area contributed by atoms with E-state index in [1.54, 1.807) is 30.3 Å². The largest absolute Gasteiger partial charge is 0.342 e. The van der Waals surface area contributed by atoms with Gasteiger partial charge in [0, 0.05) is 13.1 Å². The van der Waals surface area contributed by atoms with Crippen molar-refractivity contribution < 1.29 is 13.2 Å². The number of fused-ring (bicyclic) bond motifs is 2. The highest BCUT2D eigenvalue weighted by molar-refractivity contribution is 8.00. The van der Waals surface area contributed by atoms with Crippen LogP contribution in [0.4, 0.5) is 0 Å². The Bertz CT molecular complexity index is 1410. The highest BCUT2D eigenvalue weighted by Gasteiger charge is 2.26. The normalized spacial score (nSPS) is 14.8. The van der Waals surface area contributed by atoms with Crippen LogP contribution in [-0.4, -0.2) is 47.0 Å². The van der Waals surface area contributed by atoms with Crippen molar-refractivity contribution in [2.45, 2.75) is 29.3 Å². The smallest absolute Gasteiger partial charge is 0.270 e. The van der Waals surface area contributed by atoms with Gasteiger partial charge < -0.3 is 4.90 Å². The van der Waals surface area contributed by atoms with Crippen molar-refractivity contribution in [3.8, 4) is 0 Å². The van der Waals surface area contributed by atoms with E-state index in [9.17, 15) is 13.2 Å². The molecule has 1 aromatic heterocycles. The molecule has 1 fully saturated rings. The maximum atomic E-state index is 13.7. The Balaban J connectivity index is 1.53. The summed E-state index contributed by atoms with van der Waals surface area (Å²) in [5, 5.41) is 2.14.